The Labute approximate surface area is 161 Å². The third kappa shape index (κ3) is 5.30. The Morgan fingerprint density at radius 2 is 2.14 bits per heavy atom. The van der Waals surface area contributed by atoms with Crippen molar-refractivity contribution >= 4 is 11.9 Å². The largest absolute Gasteiger partial charge is 0.573 e. The van der Waals surface area contributed by atoms with Crippen LogP contribution in [0.2, 0.25) is 0 Å². The van der Waals surface area contributed by atoms with E-state index in [1.165, 1.54) is 12.1 Å². The van der Waals surface area contributed by atoms with Gasteiger partial charge in [-0.2, -0.15) is 0 Å². The molecule has 0 bridgehead atoms. The number of benzene rings is 1. The van der Waals surface area contributed by atoms with Gasteiger partial charge in [0.05, 0.1) is 0 Å². The molecule has 1 aromatic carbocycles. The van der Waals surface area contributed by atoms with Crippen molar-refractivity contribution in [2.75, 3.05) is 20.1 Å². The second-order valence-corrected chi connectivity index (χ2v) is 7.35. The van der Waals surface area contributed by atoms with Crippen LogP contribution >= 0.6 is 0 Å². The normalized spacial score (nSPS) is 25.4. The summed E-state index contributed by atoms with van der Waals surface area (Å²) in [7, 11) is 1.68. The number of hydrogen-bond donors (Lipinski definition) is 2. The van der Waals surface area contributed by atoms with Crippen LogP contribution in [0.15, 0.2) is 29.3 Å². The molecule has 154 valence electrons. The number of nitrogens with two attached hydrogens (primary N) is 1. The number of aliphatic imine (C=N–C) groups is 1. The number of hydrogen-bond acceptors (Lipinski definition) is 3. The third-order valence-corrected chi connectivity index (χ3v) is 5.17. The molecule has 9 heteroatoms. The maximum atomic E-state index is 12.6. The first-order valence-electron chi connectivity index (χ1n) is 9.38. The second-order valence-electron chi connectivity index (χ2n) is 7.35. The molecule has 1 amide bonds. The van der Waals surface area contributed by atoms with Crippen LogP contribution in [0, 0.1) is 5.92 Å². The van der Waals surface area contributed by atoms with Gasteiger partial charge in [-0.15, -0.1) is 13.2 Å². The summed E-state index contributed by atoms with van der Waals surface area (Å²) in [4.78, 5) is 17.6. The predicted octanol–water partition coefficient (Wildman–Crippen LogP) is 2.60. The Kier molecular flexibility index (Phi) is 6.00. The van der Waals surface area contributed by atoms with Gasteiger partial charge in [0.1, 0.15) is 5.75 Å². The molecule has 2 aliphatic rings. The molecule has 2 fully saturated rings. The number of primary amides is 1. The van der Waals surface area contributed by atoms with Crippen molar-refractivity contribution in [2.45, 2.75) is 44.0 Å². The van der Waals surface area contributed by atoms with E-state index in [1.54, 1.807) is 19.2 Å². The number of carbonyl (C=O) groups is 1. The van der Waals surface area contributed by atoms with E-state index in [0.29, 0.717) is 30.9 Å². The number of halogens is 3. The van der Waals surface area contributed by atoms with Crippen molar-refractivity contribution in [3.63, 3.8) is 0 Å². The van der Waals surface area contributed by atoms with Crippen molar-refractivity contribution in [2.24, 2.45) is 16.6 Å². The van der Waals surface area contributed by atoms with Crippen molar-refractivity contribution < 1.29 is 22.7 Å². The molecule has 3 N–H and O–H groups in total. The number of amides is 1. The number of guanidine groups is 1. The van der Waals surface area contributed by atoms with E-state index in [1.807, 2.05) is 0 Å². The van der Waals surface area contributed by atoms with Gasteiger partial charge in [-0.3, -0.25) is 9.79 Å². The summed E-state index contributed by atoms with van der Waals surface area (Å²) in [6.07, 6.45) is -1.77. The molecule has 6 nitrogen and oxygen atoms in total. The van der Waals surface area contributed by atoms with E-state index in [0.717, 1.165) is 19.4 Å². The highest BCUT2D eigenvalue weighted by Gasteiger charge is 2.43. The Hall–Kier alpha value is -2.45. The molecular formula is C19H25F3N4O2. The highest BCUT2D eigenvalue weighted by molar-refractivity contribution is 5.81. The average Bonchev–Trinajstić information content (AvgIpc) is 3.37. The van der Waals surface area contributed by atoms with Crippen LogP contribution < -0.4 is 15.8 Å². The van der Waals surface area contributed by atoms with Crippen LogP contribution in [0.4, 0.5) is 13.2 Å². The maximum absolute atomic E-state index is 12.6. The molecule has 3 unspecified atom stereocenters. The van der Waals surface area contributed by atoms with Crippen LogP contribution in [0.1, 0.15) is 37.2 Å². The molecule has 1 aromatic rings. The molecule has 0 aromatic heterocycles. The predicted molar refractivity (Wildman–Crippen MR) is 98.9 cm³/mol. The summed E-state index contributed by atoms with van der Waals surface area (Å²) in [5.41, 5.74) is 5.85. The van der Waals surface area contributed by atoms with Crippen LogP contribution in [0.25, 0.3) is 0 Å². The summed E-state index contributed by atoms with van der Waals surface area (Å²) >= 11 is 0. The summed E-state index contributed by atoms with van der Waals surface area (Å²) in [6.45, 7) is 1.51. The standard InChI is InChI=1S/C19H25F3N4O2/c1-24-18(26-8-4-5-12(11-26)9-17(23)27)25-15-10-14(15)13-6-2-3-7-16(13)28-19(20,21)22/h2-3,6-7,12,14-15H,4-5,8-11H2,1H3,(H2,23,27)(H,24,25). The van der Waals surface area contributed by atoms with E-state index in [2.05, 4.69) is 19.9 Å². The highest BCUT2D eigenvalue weighted by atomic mass is 19.4. The topological polar surface area (TPSA) is 80.0 Å². The molecule has 1 aliphatic carbocycles. The Balaban J connectivity index is 1.62. The lowest BCUT2D eigenvalue weighted by molar-refractivity contribution is -0.274. The molecule has 1 saturated carbocycles. The molecular weight excluding hydrogens is 373 g/mol. The van der Waals surface area contributed by atoms with Gasteiger partial charge in [-0.25, -0.2) is 0 Å². The van der Waals surface area contributed by atoms with E-state index in [-0.39, 0.29) is 29.5 Å². The first-order valence-corrected chi connectivity index (χ1v) is 9.38. The fraction of sp³-hybridized carbons (Fsp3) is 0.579. The molecule has 1 heterocycles. The van der Waals surface area contributed by atoms with Crippen molar-refractivity contribution in [1.82, 2.24) is 10.2 Å². The zero-order chi connectivity index (χ0) is 20.3. The fourth-order valence-corrected chi connectivity index (χ4v) is 3.87. The molecule has 0 spiro atoms. The lowest BCUT2D eigenvalue weighted by Crippen LogP contribution is -2.48. The van der Waals surface area contributed by atoms with Gasteiger partial charge in [0, 0.05) is 38.5 Å². The van der Waals surface area contributed by atoms with Crippen LogP contribution in [0.5, 0.6) is 5.75 Å². The number of rotatable bonds is 5. The number of nitrogens with zero attached hydrogens (tertiary/aromatic N) is 2. The zero-order valence-electron chi connectivity index (χ0n) is 15.7. The van der Waals surface area contributed by atoms with Gasteiger partial charge < -0.3 is 20.7 Å². The Bertz CT molecular complexity index is 738. The minimum atomic E-state index is -4.72. The monoisotopic (exact) mass is 398 g/mol. The molecule has 28 heavy (non-hydrogen) atoms. The number of piperidine rings is 1. The smallest absolute Gasteiger partial charge is 0.405 e. The fourth-order valence-electron chi connectivity index (χ4n) is 3.87. The zero-order valence-corrected chi connectivity index (χ0v) is 15.7. The molecule has 1 saturated heterocycles. The average molecular weight is 398 g/mol. The van der Waals surface area contributed by atoms with Gasteiger partial charge in [0.25, 0.3) is 0 Å². The number of nitrogens with one attached hydrogen (secondary N) is 1. The second kappa shape index (κ2) is 8.28. The quantitative estimate of drug-likeness (QED) is 0.590. The SMILES string of the molecule is CN=C(NC1CC1c1ccccc1OC(F)(F)F)N1CCCC(CC(N)=O)C1. The molecule has 3 atom stereocenters. The number of ether oxygens (including phenoxy) is 1. The third-order valence-electron chi connectivity index (χ3n) is 5.17. The lowest BCUT2D eigenvalue weighted by atomic mass is 9.95. The number of alkyl halides is 3. The molecule has 1 aliphatic heterocycles. The first kappa shape index (κ1) is 20.3. The maximum Gasteiger partial charge on any atom is 0.573 e. The Morgan fingerprint density at radius 1 is 1.39 bits per heavy atom. The van der Waals surface area contributed by atoms with E-state index in [4.69, 9.17) is 5.73 Å². The van der Waals surface area contributed by atoms with Gasteiger partial charge in [0.15, 0.2) is 5.96 Å². The Morgan fingerprint density at radius 3 is 2.82 bits per heavy atom. The summed E-state index contributed by atoms with van der Waals surface area (Å²) in [5.74, 6) is 0.371. The number of likely N-dealkylation sites (tertiary alicyclic amines) is 1. The van der Waals surface area contributed by atoms with Gasteiger partial charge in [0.2, 0.25) is 5.91 Å². The van der Waals surface area contributed by atoms with Crippen molar-refractivity contribution in [1.29, 1.82) is 0 Å². The van der Waals surface area contributed by atoms with E-state index >= 15 is 0 Å². The number of carbonyl (C=O) groups excluding carboxylic acids is 1. The van der Waals surface area contributed by atoms with Gasteiger partial charge in [-0.05, 0) is 36.8 Å². The van der Waals surface area contributed by atoms with Crippen molar-refractivity contribution in [3.05, 3.63) is 29.8 Å². The minimum Gasteiger partial charge on any atom is -0.405 e. The summed E-state index contributed by atoms with van der Waals surface area (Å²) < 4.78 is 42.1. The van der Waals surface area contributed by atoms with E-state index in [9.17, 15) is 18.0 Å². The minimum absolute atomic E-state index is 0.00630. The summed E-state index contributed by atoms with van der Waals surface area (Å²) in [6, 6.07) is 6.24. The van der Waals surface area contributed by atoms with Gasteiger partial charge >= 0.3 is 6.36 Å². The lowest BCUT2D eigenvalue weighted by Gasteiger charge is -2.34. The molecule has 0 radical (unpaired) electrons. The van der Waals surface area contributed by atoms with Crippen LogP contribution in [0.3, 0.4) is 0 Å². The molecule has 3 rings (SSSR count). The highest BCUT2D eigenvalue weighted by Crippen LogP contribution is 2.45. The van der Waals surface area contributed by atoms with Crippen molar-refractivity contribution in [3.8, 4) is 5.75 Å². The van der Waals surface area contributed by atoms with E-state index < -0.39 is 6.36 Å². The summed E-state index contributed by atoms with van der Waals surface area (Å²) in [5, 5.41) is 3.35. The number of para-hydroxylation sites is 1. The van der Waals surface area contributed by atoms with Gasteiger partial charge in [-0.1, -0.05) is 18.2 Å². The first-order chi connectivity index (χ1) is 13.3. The van der Waals surface area contributed by atoms with Crippen LogP contribution in [-0.2, 0) is 4.79 Å². The van der Waals surface area contributed by atoms with Crippen LogP contribution in [-0.4, -0.2) is 49.3 Å².